The van der Waals surface area contributed by atoms with Crippen molar-refractivity contribution in [1.82, 2.24) is 14.8 Å². The molecule has 148 valence electrons. The average molecular weight is 393 g/mol. The highest BCUT2D eigenvalue weighted by Crippen LogP contribution is 2.26. The SMILES string of the molecule is CCCCS(=O)(=O)Nc1ccc2[nH]c(C(=O)N3CCN(C)CC3)c(C)c2c1. The van der Waals surface area contributed by atoms with E-state index in [1.807, 2.05) is 24.8 Å². The Labute approximate surface area is 160 Å². The van der Waals surface area contributed by atoms with Gasteiger partial charge in [0.2, 0.25) is 10.0 Å². The summed E-state index contributed by atoms with van der Waals surface area (Å²) in [7, 11) is -1.30. The van der Waals surface area contributed by atoms with Gasteiger partial charge in [-0.05, 0) is 44.2 Å². The minimum atomic E-state index is -3.35. The van der Waals surface area contributed by atoms with Crippen LogP contribution in [-0.4, -0.2) is 68.1 Å². The van der Waals surface area contributed by atoms with Crippen LogP contribution in [-0.2, 0) is 10.0 Å². The first-order valence-corrected chi connectivity index (χ1v) is 11.1. The number of sulfonamides is 1. The van der Waals surface area contributed by atoms with E-state index in [9.17, 15) is 13.2 Å². The molecule has 2 N–H and O–H groups in total. The smallest absolute Gasteiger partial charge is 0.270 e. The van der Waals surface area contributed by atoms with E-state index < -0.39 is 10.0 Å². The van der Waals surface area contributed by atoms with E-state index in [0.29, 0.717) is 30.9 Å². The van der Waals surface area contributed by atoms with Crippen molar-refractivity contribution in [3.8, 4) is 0 Å². The van der Waals surface area contributed by atoms with Gasteiger partial charge in [-0.1, -0.05) is 13.3 Å². The summed E-state index contributed by atoms with van der Waals surface area (Å²) in [6, 6.07) is 5.35. The summed E-state index contributed by atoms with van der Waals surface area (Å²) in [4.78, 5) is 20.2. The van der Waals surface area contributed by atoms with Gasteiger partial charge in [-0.25, -0.2) is 8.42 Å². The number of aromatic amines is 1. The number of anilines is 1. The van der Waals surface area contributed by atoms with Gasteiger partial charge in [-0.15, -0.1) is 0 Å². The monoisotopic (exact) mass is 392 g/mol. The normalized spacial score (nSPS) is 16.0. The van der Waals surface area contributed by atoms with Crippen LogP contribution in [0.5, 0.6) is 0 Å². The van der Waals surface area contributed by atoms with Crippen molar-refractivity contribution in [3.05, 3.63) is 29.5 Å². The zero-order valence-corrected chi connectivity index (χ0v) is 17.0. The number of carbonyl (C=O) groups is 1. The number of amides is 1. The van der Waals surface area contributed by atoms with Gasteiger partial charge in [0, 0.05) is 42.8 Å². The molecular formula is C19H28N4O3S. The Morgan fingerprint density at radius 1 is 1.22 bits per heavy atom. The number of likely N-dealkylation sites (N-methyl/N-ethyl adjacent to an activating group) is 1. The highest BCUT2D eigenvalue weighted by atomic mass is 32.2. The van der Waals surface area contributed by atoms with Gasteiger partial charge in [-0.3, -0.25) is 9.52 Å². The van der Waals surface area contributed by atoms with E-state index in [0.717, 1.165) is 36.0 Å². The van der Waals surface area contributed by atoms with Crippen LogP contribution in [0.4, 0.5) is 5.69 Å². The summed E-state index contributed by atoms with van der Waals surface area (Å²) < 4.78 is 26.9. The Balaban J connectivity index is 1.84. The molecule has 1 aliphatic heterocycles. The maximum Gasteiger partial charge on any atom is 0.270 e. The van der Waals surface area contributed by atoms with E-state index in [-0.39, 0.29) is 11.7 Å². The third-order valence-corrected chi connectivity index (χ3v) is 6.48. The lowest BCUT2D eigenvalue weighted by molar-refractivity contribution is 0.0658. The standard InChI is InChI=1S/C19H28N4O3S/c1-4-5-12-27(25,26)21-15-6-7-17-16(13-15)14(2)18(20-17)19(24)23-10-8-22(3)9-11-23/h6-7,13,20-21H,4-5,8-12H2,1-3H3. The number of hydrogen-bond acceptors (Lipinski definition) is 4. The molecule has 0 aliphatic carbocycles. The van der Waals surface area contributed by atoms with Crippen molar-refractivity contribution in [2.24, 2.45) is 0 Å². The Bertz CT molecular complexity index is 928. The van der Waals surface area contributed by atoms with Crippen LogP contribution in [0.2, 0.25) is 0 Å². The van der Waals surface area contributed by atoms with E-state index >= 15 is 0 Å². The van der Waals surface area contributed by atoms with Crippen LogP contribution < -0.4 is 4.72 Å². The first kappa shape index (κ1) is 19.7. The zero-order valence-electron chi connectivity index (χ0n) is 16.2. The quantitative estimate of drug-likeness (QED) is 0.790. The predicted octanol–water partition coefficient (Wildman–Crippen LogP) is 2.41. The molecule has 27 heavy (non-hydrogen) atoms. The van der Waals surface area contributed by atoms with Crippen LogP contribution in [0.15, 0.2) is 18.2 Å². The number of H-pyrrole nitrogens is 1. The Kier molecular flexibility index (Phi) is 5.76. The minimum absolute atomic E-state index is 0.00174. The van der Waals surface area contributed by atoms with E-state index in [4.69, 9.17) is 0 Å². The molecule has 0 spiro atoms. The summed E-state index contributed by atoms with van der Waals surface area (Å²) in [6.45, 7) is 7.03. The largest absolute Gasteiger partial charge is 0.350 e. The van der Waals surface area contributed by atoms with Crippen LogP contribution in [0.25, 0.3) is 10.9 Å². The predicted molar refractivity (Wildman–Crippen MR) is 109 cm³/mol. The topological polar surface area (TPSA) is 85.5 Å². The molecule has 7 nitrogen and oxygen atoms in total. The molecule has 1 saturated heterocycles. The van der Waals surface area contributed by atoms with Gasteiger partial charge in [0.05, 0.1) is 5.75 Å². The van der Waals surface area contributed by atoms with Crippen LogP contribution in [0.1, 0.15) is 35.8 Å². The molecule has 1 aromatic carbocycles. The molecular weight excluding hydrogens is 364 g/mol. The highest BCUT2D eigenvalue weighted by molar-refractivity contribution is 7.92. The number of fused-ring (bicyclic) bond motifs is 1. The fourth-order valence-corrected chi connectivity index (χ4v) is 4.59. The van der Waals surface area contributed by atoms with Gasteiger partial charge in [0.25, 0.3) is 5.91 Å². The molecule has 1 aromatic heterocycles. The van der Waals surface area contributed by atoms with Crippen LogP contribution >= 0.6 is 0 Å². The number of aryl methyl sites for hydroxylation is 1. The molecule has 0 bridgehead atoms. The van der Waals surface area contributed by atoms with Gasteiger partial charge in [0.15, 0.2) is 0 Å². The third kappa shape index (κ3) is 4.44. The highest BCUT2D eigenvalue weighted by Gasteiger charge is 2.24. The molecule has 0 saturated carbocycles. The van der Waals surface area contributed by atoms with Crippen molar-refractivity contribution in [3.63, 3.8) is 0 Å². The second-order valence-electron chi connectivity index (χ2n) is 7.26. The number of nitrogens with one attached hydrogen (secondary N) is 2. The van der Waals surface area contributed by atoms with Gasteiger partial charge < -0.3 is 14.8 Å². The number of nitrogens with zero attached hydrogens (tertiary/aromatic N) is 2. The maximum atomic E-state index is 12.9. The number of aromatic nitrogens is 1. The number of benzene rings is 1. The summed E-state index contributed by atoms with van der Waals surface area (Å²) in [5, 5.41) is 0.864. The van der Waals surface area contributed by atoms with Crippen LogP contribution in [0, 0.1) is 6.92 Å². The van der Waals surface area contributed by atoms with Crippen molar-refractivity contribution >= 4 is 32.5 Å². The minimum Gasteiger partial charge on any atom is -0.350 e. The lowest BCUT2D eigenvalue weighted by Crippen LogP contribution is -2.47. The zero-order chi connectivity index (χ0) is 19.6. The number of rotatable bonds is 6. The first-order valence-electron chi connectivity index (χ1n) is 9.41. The Hall–Kier alpha value is -2.06. The Morgan fingerprint density at radius 2 is 1.93 bits per heavy atom. The molecule has 1 fully saturated rings. The van der Waals surface area contributed by atoms with Gasteiger partial charge in [-0.2, -0.15) is 0 Å². The third-order valence-electron chi connectivity index (χ3n) is 5.10. The fourth-order valence-electron chi connectivity index (χ4n) is 3.34. The van der Waals surface area contributed by atoms with E-state index in [2.05, 4.69) is 21.7 Å². The fraction of sp³-hybridized carbons (Fsp3) is 0.526. The molecule has 0 radical (unpaired) electrons. The van der Waals surface area contributed by atoms with Gasteiger partial charge in [0.1, 0.15) is 5.69 Å². The molecule has 8 heteroatoms. The molecule has 2 aromatic rings. The molecule has 1 aliphatic rings. The molecule has 0 unspecified atom stereocenters. The number of piperazine rings is 1. The van der Waals surface area contributed by atoms with Crippen LogP contribution in [0.3, 0.4) is 0 Å². The molecule has 3 rings (SSSR count). The number of hydrogen-bond donors (Lipinski definition) is 2. The summed E-state index contributed by atoms with van der Waals surface area (Å²) >= 11 is 0. The molecule has 0 atom stereocenters. The second-order valence-corrected chi connectivity index (χ2v) is 9.10. The summed E-state index contributed by atoms with van der Waals surface area (Å²) in [5.41, 5.74) is 2.80. The van der Waals surface area contributed by atoms with E-state index in [1.54, 1.807) is 12.1 Å². The first-order chi connectivity index (χ1) is 12.8. The number of carbonyl (C=O) groups excluding carboxylic acids is 1. The van der Waals surface area contributed by atoms with Crippen molar-refractivity contribution < 1.29 is 13.2 Å². The average Bonchev–Trinajstić information content (AvgIpc) is 2.96. The molecule has 1 amide bonds. The molecule has 2 heterocycles. The lowest BCUT2D eigenvalue weighted by Gasteiger charge is -2.32. The summed E-state index contributed by atoms with van der Waals surface area (Å²) in [6.07, 6.45) is 1.46. The summed E-state index contributed by atoms with van der Waals surface area (Å²) in [5.74, 6) is 0.114. The lowest BCUT2D eigenvalue weighted by atomic mass is 10.1. The van der Waals surface area contributed by atoms with Gasteiger partial charge >= 0.3 is 0 Å². The Morgan fingerprint density at radius 3 is 2.59 bits per heavy atom. The second kappa shape index (κ2) is 7.90. The van der Waals surface area contributed by atoms with Crippen molar-refractivity contribution in [2.45, 2.75) is 26.7 Å². The maximum absolute atomic E-state index is 12.9. The van der Waals surface area contributed by atoms with E-state index in [1.165, 1.54) is 0 Å². The van der Waals surface area contributed by atoms with Crippen molar-refractivity contribution in [1.29, 1.82) is 0 Å². The number of unbranched alkanes of at least 4 members (excludes halogenated alkanes) is 1. The van der Waals surface area contributed by atoms with Crippen molar-refractivity contribution in [2.75, 3.05) is 43.7 Å².